The molecule has 0 aliphatic rings. The molecule has 1 rings (SSSR count). The van der Waals surface area contributed by atoms with Crippen LogP contribution in [-0.2, 0) is 4.74 Å². The van der Waals surface area contributed by atoms with Gasteiger partial charge in [0.25, 0.3) is 0 Å². The highest BCUT2D eigenvalue weighted by Crippen LogP contribution is 2.21. The zero-order valence-corrected chi connectivity index (χ0v) is 7.95. The first-order chi connectivity index (χ1) is 6.15. The van der Waals surface area contributed by atoms with Gasteiger partial charge in [-0.05, 0) is 6.07 Å². The van der Waals surface area contributed by atoms with Crippen LogP contribution in [0.25, 0.3) is 0 Å². The normalized spacial score (nSPS) is 9.31. The van der Waals surface area contributed by atoms with Crippen LogP contribution in [0, 0.1) is 12.3 Å². The predicted molar refractivity (Wildman–Crippen MR) is 49.9 cm³/mol. The summed E-state index contributed by atoms with van der Waals surface area (Å²) in [5.41, 5.74) is 0.185. The van der Waals surface area contributed by atoms with Gasteiger partial charge in [-0.25, -0.2) is 4.79 Å². The van der Waals surface area contributed by atoms with Crippen LogP contribution in [0.3, 0.4) is 0 Å². The Morgan fingerprint density at radius 3 is 2.85 bits per heavy atom. The molecule has 3 nitrogen and oxygen atoms in total. The number of halogens is 2. The number of hydrogen-bond donors (Lipinski definition) is 1. The van der Waals surface area contributed by atoms with Crippen LogP contribution in [0.1, 0.15) is 10.5 Å². The third-order valence-electron chi connectivity index (χ3n) is 1.23. The second-order valence-electron chi connectivity index (χ2n) is 2.13. The minimum absolute atomic E-state index is 0.0763. The average molecular weight is 218 g/mol. The quantitative estimate of drug-likeness (QED) is 0.610. The molecule has 0 bridgehead atoms. The molecular weight excluding hydrogens is 213 g/mol. The first kappa shape index (κ1) is 9.97. The lowest BCUT2D eigenvalue weighted by atomic mass is 10.4. The largest absolute Gasteiger partial charge is 0.448 e. The first-order valence-electron chi connectivity index (χ1n) is 3.29. The summed E-state index contributed by atoms with van der Waals surface area (Å²) in [6.45, 7) is -0.0763. The van der Waals surface area contributed by atoms with E-state index in [0.29, 0.717) is 0 Å². The Hall–Kier alpha value is -1.11. The van der Waals surface area contributed by atoms with Crippen molar-refractivity contribution >= 4 is 29.2 Å². The third-order valence-corrected chi connectivity index (χ3v) is 1.92. The Kier molecular flexibility index (Phi) is 3.24. The molecule has 0 amide bonds. The Labute approximate surface area is 85.0 Å². The highest BCUT2D eigenvalue weighted by Gasteiger charge is 2.11. The number of hydrogen-bond acceptors (Lipinski definition) is 2. The zero-order valence-electron chi connectivity index (χ0n) is 6.43. The van der Waals surface area contributed by atoms with E-state index in [2.05, 4.69) is 15.6 Å². The van der Waals surface area contributed by atoms with Crippen molar-refractivity contribution in [2.24, 2.45) is 0 Å². The molecular formula is C8H5Cl2NO2. The van der Waals surface area contributed by atoms with Gasteiger partial charge in [0, 0.05) is 0 Å². The lowest BCUT2D eigenvalue weighted by Crippen LogP contribution is -2.05. The Balaban J connectivity index is 2.73. The molecule has 0 aliphatic carbocycles. The highest BCUT2D eigenvalue weighted by molar-refractivity contribution is 6.41. The number of rotatable bonds is 2. The fraction of sp³-hybridized carbons (Fsp3) is 0.125. The first-order valence-corrected chi connectivity index (χ1v) is 4.05. The molecule has 1 aromatic rings. The second kappa shape index (κ2) is 4.22. The lowest BCUT2D eigenvalue weighted by molar-refractivity contribution is 0.0551. The van der Waals surface area contributed by atoms with E-state index in [4.69, 9.17) is 29.6 Å². The summed E-state index contributed by atoms with van der Waals surface area (Å²) in [5.74, 6) is 1.59. The standard InChI is InChI=1S/C8H5Cl2NO2/c1-2-3-13-8(12)6-4-5(9)7(10)11-6/h1,4,11H,3H2. The van der Waals surface area contributed by atoms with Crippen molar-refractivity contribution in [2.45, 2.75) is 0 Å². The molecule has 0 spiro atoms. The summed E-state index contributed by atoms with van der Waals surface area (Å²) < 4.78 is 4.62. The number of ether oxygens (including phenoxy) is 1. The molecule has 0 unspecified atom stereocenters. The zero-order chi connectivity index (χ0) is 9.84. The van der Waals surface area contributed by atoms with Crippen LogP contribution in [-0.4, -0.2) is 17.6 Å². The van der Waals surface area contributed by atoms with Gasteiger partial charge in [-0.1, -0.05) is 29.1 Å². The van der Waals surface area contributed by atoms with Gasteiger partial charge in [-0.2, -0.15) is 0 Å². The monoisotopic (exact) mass is 217 g/mol. The molecule has 1 aromatic heterocycles. The molecule has 68 valence electrons. The average Bonchev–Trinajstić information content (AvgIpc) is 2.43. The molecule has 1 N–H and O–H groups in total. The number of aromatic nitrogens is 1. The van der Waals surface area contributed by atoms with E-state index < -0.39 is 5.97 Å². The van der Waals surface area contributed by atoms with Crippen molar-refractivity contribution in [1.82, 2.24) is 4.98 Å². The maximum Gasteiger partial charge on any atom is 0.355 e. The minimum Gasteiger partial charge on any atom is -0.448 e. The van der Waals surface area contributed by atoms with Gasteiger partial charge in [0.05, 0.1) is 5.02 Å². The fourth-order valence-electron chi connectivity index (χ4n) is 0.699. The van der Waals surface area contributed by atoms with Crippen molar-refractivity contribution in [3.63, 3.8) is 0 Å². The van der Waals surface area contributed by atoms with Crippen molar-refractivity contribution in [3.8, 4) is 12.3 Å². The van der Waals surface area contributed by atoms with Gasteiger partial charge in [-0.15, -0.1) is 6.42 Å². The van der Waals surface area contributed by atoms with Crippen molar-refractivity contribution in [2.75, 3.05) is 6.61 Å². The number of nitrogens with one attached hydrogen (secondary N) is 1. The molecule has 0 atom stereocenters. The van der Waals surface area contributed by atoms with E-state index in [9.17, 15) is 4.79 Å². The Bertz CT molecular complexity index is 345. The summed E-state index contributed by atoms with van der Waals surface area (Å²) in [6.07, 6.45) is 4.90. The molecule has 0 saturated carbocycles. The number of carbonyl (C=O) groups excluding carboxylic acids is 1. The molecule has 1 heterocycles. The Morgan fingerprint density at radius 2 is 2.38 bits per heavy atom. The van der Waals surface area contributed by atoms with Crippen LogP contribution < -0.4 is 0 Å². The number of aromatic amines is 1. The molecule has 0 fully saturated rings. The van der Waals surface area contributed by atoms with E-state index in [1.54, 1.807) is 0 Å². The van der Waals surface area contributed by atoms with Gasteiger partial charge in [0.2, 0.25) is 0 Å². The van der Waals surface area contributed by atoms with Gasteiger partial charge in [-0.3, -0.25) is 0 Å². The van der Waals surface area contributed by atoms with Crippen molar-refractivity contribution < 1.29 is 9.53 Å². The number of carbonyl (C=O) groups is 1. The van der Waals surface area contributed by atoms with E-state index in [0.717, 1.165) is 0 Å². The molecule has 0 aliphatic heterocycles. The summed E-state index contributed by atoms with van der Waals surface area (Å²) in [7, 11) is 0. The minimum atomic E-state index is -0.577. The SMILES string of the molecule is C#CCOC(=O)c1cc(Cl)c(Cl)[nH]1. The molecule has 0 saturated heterocycles. The maximum atomic E-state index is 11.1. The van der Waals surface area contributed by atoms with Crippen molar-refractivity contribution in [3.05, 3.63) is 21.9 Å². The fourth-order valence-corrected chi connectivity index (χ4v) is 1.01. The second-order valence-corrected chi connectivity index (χ2v) is 2.91. The summed E-state index contributed by atoms with van der Waals surface area (Å²) in [6, 6.07) is 1.38. The lowest BCUT2D eigenvalue weighted by Gasteiger charge is -1.96. The molecule has 0 aromatic carbocycles. The van der Waals surface area contributed by atoms with E-state index in [1.165, 1.54) is 6.07 Å². The van der Waals surface area contributed by atoms with Crippen LogP contribution in [0.2, 0.25) is 10.2 Å². The molecule has 13 heavy (non-hydrogen) atoms. The van der Waals surface area contributed by atoms with Gasteiger partial charge >= 0.3 is 5.97 Å². The summed E-state index contributed by atoms with van der Waals surface area (Å²) >= 11 is 11.2. The Morgan fingerprint density at radius 1 is 1.69 bits per heavy atom. The van der Waals surface area contributed by atoms with Gasteiger partial charge < -0.3 is 9.72 Å². The molecule has 5 heteroatoms. The highest BCUT2D eigenvalue weighted by atomic mass is 35.5. The van der Waals surface area contributed by atoms with Crippen LogP contribution in [0.15, 0.2) is 6.07 Å². The topological polar surface area (TPSA) is 42.1 Å². The third kappa shape index (κ3) is 2.41. The maximum absolute atomic E-state index is 11.1. The summed E-state index contributed by atoms with van der Waals surface area (Å²) in [4.78, 5) is 13.6. The number of H-pyrrole nitrogens is 1. The van der Waals surface area contributed by atoms with Gasteiger partial charge in [0.15, 0.2) is 6.61 Å². The molecule has 0 radical (unpaired) electrons. The van der Waals surface area contributed by atoms with E-state index >= 15 is 0 Å². The van der Waals surface area contributed by atoms with Crippen LogP contribution >= 0.6 is 23.2 Å². The number of terminal acetylenes is 1. The van der Waals surface area contributed by atoms with Crippen LogP contribution in [0.4, 0.5) is 0 Å². The van der Waals surface area contributed by atoms with E-state index in [-0.39, 0.29) is 22.5 Å². The summed E-state index contributed by atoms with van der Waals surface area (Å²) in [5, 5.41) is 0.476. The number of esters is 1. The predicted octanol–water partition coefficient (Wildman–Crippen LogP) is 2.11. The van der Waals surface area contributed by atoms with E-state index in [1.807, 2.05) is 0 Å². The van der Waals surface area contributed by atoms with Crippen LogP contribution in [0.5, 0.6) is 0 Å². The van der Waals surface area contributed by atoms with Gasteiger partial charge in [0.1, 0.15) is 10.8 Å². The smallest absolute Gasteiger partial charge is 0.355 e. The van der Waals surface area contributed by atoms with Crippen molar-refractivity contribution in [1.29, 1.82) is 0 Å².